The number of hydrogen-bond acceptors (Lipinski definition) is 2. The Morgan fingerprint density at radius 3 is 3.00 bits per heavy atom. The number of nitrogens with one attached hydrogen (secondary N) is 1. The fourth-order valence-electron chi connectivity index (χ4n) is 1.58. The Morgan fingerprint density at radius 2 is 2.28 bits per heavy atom. The van der Waals surface area contributed by atoms with Crippen LogP contribution in [-0.2, 0) is 17.9 Å². The van der Waals surface area contributed by atoms with Crippen molar-refractivity contribution in [2.75, 3.05) is 0 Å². The van der Waals surface area contributed by atoms with Crippen LogP contribution in [0.15, 0.2) is 42.7 Å². The van der Waals surface area contributed by atoms with Gasteiger partial charge in [0.1, 0.15) is 0 Å². The molecule has 0 aliphatic rings. The maximum Gasteiger partial charge on any atom is 0.222 e. The lowest BCUT2D eigenvalue weighted by atomic mass is 10.2. The molecule has 18 heavy (non-hydrogen) atoms. The first-order chi connectivity index (χ1) is 8.74. The average Bonchev–Trinajstić information content (AvgIpc) is 2.87. The number of nitrogens with zero attached hydrogens (tertiary/aromatic N) is 2. The van der Waals surface area contributed by atoms with Crippen LogP contribution in [0.25, 0.3) is 0 Å². The van der Waals surface area contributed by atoms with Crippen LogP contribution in [0, 0.1) is 0 Å². The third-order valence-electron chi connectivity index (χ3n) is 2.51. The summed E-state index contributed by atoms with van der Waals surface area (Å²) >= 11 is 5.86. The highest BCUT2D eigenvalue weighted by Crippen LogP contribution is 2.10. The van der Waals surface area contributed by atoms with E-state index in [1.54, 1.807) is 10.9 Å². The normalized spacial score (nSPS) is 10.3. The zero-order chi connectivity index (χ0) is 12.8. The molecule has 1 heterocycles. The summed E-state index contributed by atoms with van der Waals surface area (Å²) in [5, 5.41) is 7.57. The number of aryl methyl sites for hydroxylation is 1. The molecule has 2 aromatic rings. The monoisotopic (exact) mass is 263 g/mol. The largest absolute Gasteiger partial charge is 0.352 e. The van der Waals surface area contributed by atoms with Crippen LogP contribution in [-0.4, -0.2) is 15.7 Å². The molecule has 0 saturated carbocycles. The van der Waals surface area contributed by atoms with Gasteiger partial charge >= 0.3 is 0 Å². The molecule has 1 N–H and O–H groups in total. The number of carbonyl (C=O) groups excluding carboxylic acids is 1. The molecule has 0 fully saturated rings. The van der Waals surface area contributed by atoms with Crippen molar-refractivity contribution in [3.63, 3.8) is 0 Å². The van der Waals surface area contributed by atoms with Gasteiger partial charge in [0.2, 0.25) is 5.91 Å². The molecule has 0 saturated heterocycles. The quantitative estimate of drug-likeness (QED) is 0.899. The maximum absolute atomic E-state index is 11.6. The first-order valence-corrected chi connectivity index (χ1v) is 6.10. The van der Waals surface area contributed by atoms with E-state index in [-0.39, 0.29) is 5.91 Å². The van der Waals surface area contributed by atoms with E-state index in [0.717, 1.165) is 5.56 Å². The van der Waals surface area contributed by atoms with Crippen LogP contribution in [0.4, 0.5) is 0 Å². The molecule has 4 nitrogen and oxygen atoms in total. The van der Waals surface area contributed by atoms with Gasteiger partial charge in [0.25, 0.3) is 0 Å². The average molecular weight is 264 g/mol. The zero-order valence-electron chi connectivity index (χ0n) is 9.84. The van der Waals surface area contributed by atoms with Crippen molar-refractivity contribution in [2.24, 2.45) is 0 Å². The molecule has 1 amide bonds. The molecule has 0 spiro atoms. The summed E-state index contributed by atoms with van der Waals surface area (Å²) in [4.78, 5) is 11.6. The summed E-state index contributed by atoms with van der Waals surface area (Å²) in [6, 6.07) is 9.29. The zero-order valence-corrected chi connectivity index (χ0v) is 10.6. The third-order valence-corrected chi connectivity index (χ3v) is 2.74. The summed E-state index contributed by atoms with van der Waals surface area (Å²) < 4.78 is 1.74. The van der Waals surface area contributed by atoms with E-state index >= 15 is 0 Å². The first-order valence-electron chi connectivity index (χ1n) is 5.72. The molecular weight excluding hydrogens is 250 g/mol. The highest BCUT2D eigenvalue weighted by atomic mass is 35.5. The van der Waals surface area contributed by atoms with Gasteiger partial charge in [0.15, 0.2) is 0 Å². The lowest BCUT2D eigenvalue weighted by Gasteiger charge is -2.06. The maximum atomic E-state index is 11.6. The van der Waals surface area contributed by atoms with E-state index < -0.39 is 0 Å². The highest BCUT2D eigenvalue weighted by molar-refractivity contribution is 6.30. The van der Waals surface area contributed by atoms with E-state index in [1.165, 1.54) is 0 Å². The van der Waals surface area contributed by atoms with Gasteiger partial charge < -0.3 is 5.32 Å². The van der Waals surface area contributed by atoms with Crippen molar-refractivity contribution in [3.8, 4) is 0 Å². The van der Waals surface area contributed by atoms with Gasteiger partial charge in [-0.1, -0.05) is 23.7 Å². The van der Waals surface area contributed by atoms with Crippen LogP contribution in [0.3, 0.4) is 0 Å². The van der Waals surface area contributed by atoms with E-state index in [1.807, 2.05) is 36.5 Å². The van der Waals surface area contributed by atoms with Gasteiger partial charge in [-0.2, -0.15) is 5.10 Å². The standard InChI is InChI=1S/C13H14ClN3O/c14-12-4-1-3-11(9-12)10-15-13(18)5-8-17-7-2-6-16-17/h1-4,6-7,9H,5,8,10H2,(H,15,18). The van der Waals surface area contributed by atoms with Crippen molar-refractivity contribution in [2.45, 2.75) is 19.5 Å². The van der Waals surface area contributed by atoms with E-state index in [4.69, 9.17) is 11.6 Å². The van der Waals surface area contributed by atoms with E-state index in [9.17, 15) is 4.79 Å². The molecule has 1 aromatic heterocycles. The van der Waals surface area contributed by atoms with Gasteiger partial charge in [-0.3, -0.25) is 9.48 Å². The molecular formula is C13H14ClN3O. The summed E-state index contributed by atoms with van der Waals surface area (Å²) in [5.41, 5.74) is 0.995. The topological polar surface area (TPSA) is 46.9 Å². The Kier molecular flexibility index (Phi) is 4.36. The number of rotatable bonds is 5. The minimum absolute atomic E-state index is 0.00507. The van der Waals surface area contributed by atoms with E-state index in [0.29, 0.717) is 24.5 Å². The smallest absolute Gasteiger partial charge is 0.222 e. The first kappa shape index (κ1) is 12.6. The fraction of sp³-hybridized carbons (Fsp3) is 0.231. The van der Waals surface area contributed by atoms with Gasteiger partial charge in [0, 0.05) is 36.9 Å². The predicted molar refractivity (Wildman–Crippen MR) is 70.1 cm³/mol. The molecule has 0 radical (unpaired) electrons. The minimum atomic E-state index is 0.00507. The lowest BCUT2D eigenvalue weighted by molar-refractivity contribution is -0.121. The highest BCUT2D eigenvalue weighted by Gasteiger charge is 2.02. The molecule has 0 aliphatic heterocycles. The Labute approximate surface area is 111 Å². The Morgan fingerprint density at radius 1 is 1.39 bits per heavy atom. The molecule has 1 aromatic carbocycles. The number of carbonyl (C=O) groups is 1. The molecule has 2 rings (SSSR count). The molecule has 0 aliphatic carbocycles. The van der Waals surface area contributed by atoms with Crippen LogP contribution in [0.1, 0.15) is 12.0 Å². The third kappa shape index (κ3) is 3.89. The number of benzene rings is 1. The Balaban J connectivity index is 1.75. The van der Waals surface area contributed by atoms with Crippen molar-refractivity contribution >= 4 is 17.5 Å². The number of hydrogen-bond donors (Lipinski definition) is 1. The van der Waals surface area contributed by atoms with Crippen LogP contribution in [0.5, 0.6) is 0 Å². The van der Waals surface area contributed by atoms with Gasteiger partial charge in [-0.25, -0.2) is 0 Å². The van der Waals surface area contributed by atoms with Crippen molar-refractivity contribution < 1.29 is 4.79 Å². The number of halogens is 1. The molecule has 0 bridgehead atoms. The second-order valence-electron chi connectivity index (χ2n) is 3.93. The minimum Gasteiger partial charge on any atom is -0.352 e. The van der Waals surface area contributed by atoms with Gasteiger partial charge in [0.05, 0.1) is 0 Å². The van der Waals surface area contributed by atoms with Crippen molar-refractivity contribution in [3.05, 3.63) is 53.3 Å². The SMILES string of the molecule is O=C(CCn1cccn1)NCc1cccc(Cl)c1. The van der Waals surface area contributed by atoms with Crippen LogP contribution < -0.4 is 5.32 Å². The molecule has 94 valence electrons. The summed E-state index contributed by atoms with van der Waals surface area (Å²) in [7, 11) is 0. The fourth-order valence-corrected chi connectivity index (χ4v) is 1.80. The van der Waals surface area contributed by atoms with Crippen LogP contribution in [0.2, 0.25) is 5.02 Å². The number of aromatic nitrogens is 2. The molecule has 0 unspecified atom stereocenters. The second-order valence-corrected chi connectivity index (χ2v) is 4.36. The summed E-state index contributed by atoms with van der Waals surface area (Å²) in [6.45, 7) is 1.09. The number of amides is 1. The van der Waals surface area contributed by atoms with Crippen LogP contribution >= 0.6 is 11.6 Å². The van der Waals surface area contributed by atoms with Crippen molar-refractivity contribution in [1.82, 2.24) is 15.1 Å². The van der Waals surface area contributed by atoms with E-state index in [2.05, 4.69) is 10.4 Å². The Bertz CT molecular complexity index is 511. The van der Waals surface area contributed by atoms with Gasteiger partial charge in [-0.15, -0.1) is 0 Å². The summed E-state index contributed by atoms with van der Waals surface area (Å²) in [5.74, 6) is 0.00507. The van der Waals surface area contributed by atoms with Crippen molar-refractivity contribution in [1.29, 1.82) is 0 Å². The predicted octanol–water partition coefficient (Wildman–Crippen LogP) is 2.24. The Hall–Kier alpha value is -1.81. The van der Waals surface area contributed by atoms with Gasteiger partial charge in [-0.05, 0) is 23.8 Å². The summed E-state index contributed by atoms with van der Waals surface area (Å²) in [6.07, 6.45) is 3.95. The second kappa shape index (κ2) is 6.21. The molecule has 5 heteroatoms. The molecule has 0 atom stereocenters. The lowest BCUT2D eigenvalue weighted by Crippen LogP contribution is -2.24.